The van der Waals surface area contributed by atoms with E-state index in [2.05, 4.69) is 11.8 Å². The Balaban J connectivity index is 1.81. The van der Waals surface area contributed by atoms with Gasteiger partial charge in [0.25, 0.3) is 0 Å². The Bertz CT molecular complexity index is 221. The molecule has 1 unspecified atom stereocenters. The molecule has 0 spiro atoms. The highest BCUT2D eigenvalue weighted by atomic mass is 15.1. The van der Waals surface area contributed by atoms with Gasteiger partial charge in [-0.05, 0) is 51.1 Å². The van der Waals surface area contributed by atoms with Gasteiger partial charge in [0.1, 0.15) is 0 Å². The first-order valence-electron chi connectivity index (χ1n) is 7.73. The van der Waals surface area contributed by atoms with E-state index in [1.54, 1.807) is 0 Å². The summed E-state index contributed by atoms with van der Waals surface area (Å²) >= 11 is 0. The summed E-state index contributed by atoms with van der Waals surface area (Å²) in [6, 6.07) is 0. The van der Waals surface area contributed by atoms with Crippen molar-refractivity contribution in [2.75, 3.05) is 19.6 Å². The van der Waals surface area contributed by atoms with Crippen molar-refractivity contribution < 1.29 is 0 Å². The predicted molar refractivity (Wildman–Crippen MR) is 74.1 cm³/mol. The second kappa shape index (κ2) is 6.19. The summed E-state index contributed by atoms with van der Waals surface area (Å²) in [6.45, 7) is 6.07. The molecule has 1 heterocycles. The van der Waals surface area contributed by atoms with Crippen LogP contribution in [0, 0.1) is 5.92 Å². The van der Waals surface area contributed by atoms with Crippen molar-refractivity contribution in [3.05, 3.63) is 0 Å². The fourth-order valence-corrected chi connectivity index (χ4v) is 3.65. The van der Waals surface area contributed by atoms with Crippen LogP contribution in [0.4, 0.5) is 0 Å². The third-order valence-corrected chi connectivity index (χ3v) is 4.91. The molecule has 100 valence electrons. The molecule has 2 fully saturated rings. The lowest BCUT2D eigenvalue weighted by Crippen LogP contribution is -2.51. The van der Waals surface area contributed by atoms with Crippen molar-refractivity contribution in [1.82, 2.24) is 4.90 Å². The van der Waals surface area contributed by atoms with Gasteiger partial charge in [-0.15, -0.1) is 0 Å². The molecule has 1 saturated heterocycles. The molecule has 0 aromatic heterocycles. The van der Waals surface area contributed by atoms with E-state index in [4.69, 9.17) is 5.73 Å². The van der Waals surface area contributed by atoms with Crippen molar-refractivity contribution in [3.8, 4) is 0 Å². The lowest BCUT2D eigenvalue weighted by molar-refractivity contribution is 0.175. The number of hydrogen-bond acceptors (Lipinski definition) is 2. The van der Waals surface area contributed by atoms with Crippen molar-refractivity contribution in [3.63, 3.8) is 0 Å². The van der Waals surface area contributed by atoms with E-state index in [0.29, 0.717) is 0 Å². The minimum atomic E-state index is 0.143. The highest BCUT2D eigenvalue weighted by Crippen LogP contribution is 2.28. The molecule has 0 aromatic carbocycles. The Labute approximate surface area is 107 Å². The average Bonchev–Trinajstić information content (AvgIpc) is 2.55. The Kier molecular flexibility index (Phi) is 4.87. The van der Waals surface area contributed by atoms with Crippen LogP contribution in [0.15, 0.2) is 0 Å². The van der Waals surface area contributed by atoms with Gasteiger partial charge in [0.05, 0.1) is 0 Å². The zero-order chi connectivity index (χ0) is 12.1. The van der Waals surface area contributed by atoms with Crippen LogP contribution in [-0.2, 0) is 0 Å². The molecule has 1 aliphatic heterocycles. The first-order valence-corrected chi connectivity index (χ1v) is 7.73. The van der Waals surface area contributed by atoms with Crippen LogP contribution in [0.1, 0.15) is 64.7 Å². The van der Waals surface area contributed by atoms with Crippen LogP contribution in [-0.4, -0.2) is 30.1 Å². The third-order valence-electron chi connectivity index (χ3n) is 4.91. The van der Waals surface area contributed by atoms with Gasteiger partial charge in [-0.1, -0.05) is 32.6 Å². The monoisotopic (exact) mass is 238 g/mol. The summed E-state index contributed by atoms with van der Waals surface area (Å²) < 4.78 is 0. The van der Waals surface area contributed by atoms with Crippen LogP contribution in [0.25, 0.3) is 0 Å². The summed E-state index contributed by atoms with van der Waals surface area (Å²) in [5.41, 5.74) is 6.71. The Morgan fingerprint density at radius 1 is 1.06 bits per heavy atom. The molecule has 2 rings (SSSR count). The van der Waals surface area contributed by atoms with Gasteiger partial charge in [0, 0.05) is 12.1 Å². The molecular weight excluding hydrogens is 208 g/mol. The molecule has 0 amide bonds. The third kappa shape index (κ3) is 3.96. The smallest absolute Gasteiger partial charge is 0.0283 e. The number of nitrogens with zero attached hydrogens (tertiary/aromatic N) is 1. The summed E-state index contributed by atoms with van der Waals surface area (Å²) in [7, 11) is 0. The molecule has 0 radical (unpaired) electrons. The fourth-order valence-electron chi connectivity index (χ4n) is 3.65. The highest BCUT2D eigenvalue weighted by Gasteiger charge is 2.30. The largest absolute Gasteiger partial charge is 0.324 e. The number of nitrogens with two attached hydrogens (primary N) is 1. The minimum absolute atomic E-state index is 0.143. The molecule has 1 saturated carbocycles. The molecule has 2 aliphatic rings. The molecule has 1 atom stereocenters. The fraction of sp³-hybridized carbons (Fsp3) is 1.00. The Morgan fingerprint density at radius 3 is 2.53 bits per heavy atom. The normalized spacial score (nSPS) is 31.1. The van der Waals surface area contributed by atoms with E-state index in [1.165, 1.54) is 70.9 Å². The maximum atomic E-state index is 6.57. The predicted octanol–water partition coefficient (Wildman–Crippen LogP) is 3.16. The first-order chi connectivity index (χ1) is 8.22. The van der Waals surface area contributed by atoms with E-state index < -0.39 is 0 Å². The van der Waals surface area contributed by atoms with Crippen LogP contribution in [0.3, 0.4) is 0 Å². The molecular formula is C15H30N2. The second-order valence-corrected chi connectivity index (χ2v) is 6.40. The van der Waals surface area contributed by atoms with Gasteiger partial charge in [0.15, 0.2) is 0 Å². The van der Waals surface area contributed by atoms with Crippen LogP contribution >= 0.6 is 0 Å². The number of likely N-dealkylation sites (tertiary alicyclic amines) is 1. The van der Waals surface area contributed by atoms with E-state index in [-0.39, 0.29) is 5.54 Å². The van der Waals surface area contributed by atoms with Crippen molar-refractivity contribution >= 4 is 0 Å². The molecule has 2 N–H and O–H groups in total. The van der Waals surface area contributed by atoms with E-state index in [1.807, 2.05) is 0 Å². The van der Waals surface area contributed by atoms with Crippen molar-refractivity contribution in [1.29, 1.82) is 0 Å². The zero-order valence-corrected chi connectivity index (χ0v) is 11.6. The second-order valence-electron chi connectivity index (χ2n) is 6.40. The van der Waals surface area contributed by atoms with Crippen molar-refractivity contribution in [2.24, 2.45) is 11.7 Å². The minimum Gasteiger partial charge on any atom is -0.324 e. The van der Waals surface area contributed by atoms with Gasteiger partial charge in [-0.25, -0.2) is 0 Å². The average molecular weight is 238 g/mol. The molecule has 2 nitrogen and oxygen atoms in total. The number of rotatable bonds is 3. The van der Waals surface area contributed by atoms with Gasteiger partial charge in [0.2, 0.25) is 0 Å². The van der Waals surface area contributed by atoms with Crippen LogP contribution in [0.5, 0.6) is 0 Å². The van der Waals surface area contributed by atoms with E-state index in [9.17, 15) is 0 Å². The zero-order valence-electron chi connectivity index (χ0n) is 11.6. The molecule has 0 aromatic rings. The van der Waals surface area contributed by atoms with Gasteiger partial charge >= 0.3 is 0 Å². The standard InChI is InChI=1S/C15H30N2/c1-2-14-7-6-11-17(12-8-14)13-15(16)9-4-3-5-10-15/h14H,2-13,16H2,1H3. The molecule has 2 heteroatoms. The SMILES string of the molecule is CCC1CCCN(CC2(N)CCCCC2)CC1. The van der Waals surface area contributed by atoms with Gasteiger partial charge < -0.3 is 10.6 Å². The highest BCUT2D eigenvalue weighted by molar-refractivity contribution is 4.90. The molecule has 1 aliphatic carbocycles. The molecule has 17 heavy (non-hydrogen) atoms. The quantitative estimate of drug-likeness (QED) is 0.818. The molecule has 0 bridgehead atoms. The lowest BCUT2D eigenvalue weighted by atomic mass is 9.82. The Hall–Kier alpha value is -0.0800. The van der Waals surface area contributed by atoms with Crippen LogP contribution in [0.2, 0.25) is 0 Å². The van der Waals surface area contributed by atoms with E-state index in [0.717, 1.165) is 12.5 Å². The summed E-state index contributed by atoms with van der Waals surface area (Å²) in [5.74, 6) is 0.972. The van der Waals surface area contributed by atoms with Crippen molar-refractivity contribution in [2.45, 2.75) is 70.3 Å². The topological polar surface area (TPSA) is 29.3 Å². The summed E-state index contributed by atoms with van der Waals surface area (Å²) in [4.78, 5) is 2.65. The lowest BCUT2D eigenvalue weighted by Gasteiger charge is -2.38. The summed E-state index contributed by atoms with van der Waals surface area (Å²) in [5, 5.41) is 0. The maximum Gasteiger partial charge on any atom is 0.0283 e. The Morgan fingerprint density at radius 2 is 1.82 bits per heavy atom. The summed E-state index contributed by atoms with van der Waals surface area (Å²) in [6.07, 6.45) is 12.2. The van der Waals surface area contributed by atoms with Gasteiger partial charge in [-0.3, -0.25) is 0 Å². The van der Waals surface area contributed by atoms with E-state index >= 15 is 0 Å². The van der Waals surface area contributed by atoms with Gasteiger partial charge in [-0.2, -0.15) is 0 Å². The first kappa shape index (κ1) is 13.4. The number of hydrogen-bond donors (Lipinski definition) is 1. The van der Waals surface area contributed by atoms with Crippen LogP contribution < -0.4 is 5.73 Å². The maximum absolute atomic E-state index is 6.57.